The molecule has 0 radical (unpaired) electrons. The van der Waals surface area contributed by atoms with Gasteiger partial charge in [-0.2, -0.15) is 0 Å². The summed E-state index contributed by atoms with van der Waals surface area (Å²) in [7, 11) is 0. The standard InChI is InChI=1S/C11H13N3O3S/c1-11(17,9(15)16)5-18-10-13-7-3-2-6(12)4-8(7)14-10/h2-4,17H,5,12H2,1H3,(H,13,14)(H,15,16). The van der Waals surface area contributed by atoms with Gasteiger partial charge in [-0.1, -0.05) is 11.8 Å². The maximum atomic E-state index is 10.7. The molecule has 0 saturated carbocycles. The Labute approximate surface area is 107 Å². The number of fused-ring (bicyclic) bond motifs is 1. The molecule has 0 saturated heterocycles. The summed E-state index contributed by atoms with van der Waals surface area (Å²) in [6.07, 6.45) is 0. The average molecular weight is 267 g/mol. The molecule has 96 valence electrons. The van der Waals surface area contributed by atoms with Gasteiger partial charge >= 0.3 is 5.97 Å². The van der Waals surface area contributed by atoms with Gasteiger partial charge in [0.25, 0.3) is 0 Å². The van der Waals surface area contributed by atoms with E-state index in [9.17, 15) is 9.90 Å². The Balaban J connectivity index is 2.15. The maximum Gasteiger partial charge on any atom is 0.336 e. The van der Waals surface area contributed by atoms with Crippen molar-refractivity contribution in [3.8, 4) is 0 Å². The summed E-state index contributed by atoms with van der Waals surface area (Å²) in [5, 5.41) is 18.9. The molecule has 1 aromatic carbocycles. The van der Waals surface area contributed by atoms with Gasteiger partial charge in [0.05, 0.1) is 11.0 Å². The SMILES string of the molecule is CC(O)(CSc1nc2ccc(N)cc2[nH]1)C(=O)O. The Hall–Kier alpha value is -1.73. The van der Waals surface area contributed by atoms with Crippen LogP contribution in [0, 0.1) is 0 Å². The summed E-state index contributed by atoms with van der Waals surface area (Å²) in [6, 6.07) is 5.27. The van der Waals surface area contributed by atoms with Crippen LogP contribution in [-0.2, 0) is 4.79 Å². The van der Waals surface area contributed by atoms with Crippen molar-refractivity contribution in [1.82, 2.24) is 9.97 Å². The van der Waals surface area contributed by atoms with Gasteiger partial charge < -0.3 is 20.9 Å². The Bertz CT molecular complexity index is 594. The van der Waals surface area contributed by atoms with Crippen molar-refractivity contribution in [3.05, 3.63) is 18.2 Å². The molecule has 0 aliphatic heterocycles. The molecule has 1 heterocycles. The van der Waals surface area contributed by atoms with Crippen molar-refractivity contribution in [2.24, 2.45) is 0 Å². The quantitative estimate of drug-likeness (QED) is 0.487. The van der Waals surface area contributed by atoms with Crippen LogP contribution in [-0.4, -0.2) is 37.5 Å². The van der Waals surface area contributed by atoms with Crippen molar-refractivity contribution in [3.63, 3.8) is 0 Å². The van der Waals surface area contributed by atoms with E-state index < -0.39 is 11.6 Å². The second-order valence-electron chi connectivity index (χ2n) is 4.19. The minimum absolute atomic E-state index is 0.0115. The van der Waals surface area contributed by atoms with Gasteiger partial charge in [0, 0.05) is 11.4 Å². The lowest BCUT2D eigenvalue weighted by molar-refractivity contribution is -0.154. The lowest BCUT2D eigenvalue weighted by Crippen LogP contribution is -2.37. The van der Waals surface area contributed by atoms with Crippen LogP contribution in [0.3, 0.4) is 0 Å². The lowest BCUT2D eigenvalue weighted by atomic mass is 10.1. The highest BCUT2D eigenvalue weighted by Crippen LogP contribution is 2.24. The summed E-state index contributed by atoms with van der Waals surface area (Å²) in [5.41, 5.74) is 6.03. The Kier molecular flexibility index (Phi) is 3.18. The molecule has 18 heavy (non-hydrogen) atoms. The molecule has 2 rings (SSSR count). The summed E-state index contributed by atoms with van der Waals surface area (Å²) >= 11 is 1.15. The number of nitrogen functional groups attached to an aromatic ring is 1. The molecular weight excluding hydrogens is 254 g/mol. The molecule has 1 atom stereocenters. The van der Waals surface area contributed by atoms with Gasteiger partial charge in [0.2, 0.25) is 0 Å². The largest absolute Gasteiger partial charge is 0.479 e. The number of nitrogens with zero attached hydrogens (tertiary/aromatic N) is 1. The van der Waals surface area contributed by atoms with Crippen LogP contribution in [0.15, 0.2) is 23.4 Å². The van der Waals surface area contributed by atoms with E-state index in [1.54, 1.807) is 18.2 Å². The van der Waals surface area contributed by atoms with Crippen LogP contribution in [0.4, 0.5) is 5.69 Å². The van der Waals surface area contributed by atoms with Crippen molar-refractivity contribution in [2.45, 2.75) is 17.7 Å². The molecule has 0 spiro atoms. The summed E-state index contributed by atoms with van der Waals surface area (Å²) < 4.78 is 0. The van der Waals surface area contributed by atoms with Gasteiger partial charge in [0.1, 0.15) is 0 Å². The monoisotopic (exact) mass is 267 g/mol. The van der Waals surface area contributed by atoms with Crippen LogP contribution >= 0.6 is 11.8 Å². The minimum atomic E-state index is -1.78. The highest BCUT2D eigenvalue weighted by molar-refractivity contribution is 7.99. The molecule has 0 bridgehead atoms. The predicted octanol–water partition coefficient (Wildman–Crippen LogP) is 1.07. The highest BCUT2D eigenvalue weighted by atomic mass is 32.2. The second-order valence-corrected chi connectivity index (χ2v) is 5.15. The normalized spacial score (nSPS) is 14.6. The van der Waals surface area contributed by atoms with E-state index in [2.05, 4.69) is 9.97 Å². The number of hydrogen-bond donors (Lipinski definition) is 4. The predicted molar refractivity (Wildman–Crippen MR) is 69.5 cm³/mol. The number of nitrogens with one attached hydrogen (secondary N) is 1. The molecule has 1 aromatic heterocycles. The maximum absolute atomic E-state index is 10.7. The lowest BCUT2D eigenvalue weighted by Gasteiger charge is -2.15. The Morgan fingerprint density at radius 2 is 2.33 bits per heavy atom. The average Bonchev–Trinajstić information content (AvgIpc) is 2.68. The van der Waals surface area contributed by atoms with E-state index in [-0.39, 0.29) is 5.75 Å². The number of aliphatic hydroxyl groups is 1. The first kappa shape index (κ1) is 12.7. The number of nitrogens with two attached hydrogens (primary N) is 1. The number of hydrogen-bond acceptors (Lipinski definition) is 5. The van der Waals surface area contributed by atoms with Crippen LogP contribution in [0.2, 0.25) is 0 Å². The third kappa shape index (κ3) is 2.57. The van der Waals surface area contributed by atoms with Crippen molar-refractivity contribution in [1.29, 1.82) is 0 Å². The smallest absolute Gasteiger partial charge is 0.336 e. The number of thioether (sulfide) groups is 1. The number of aliphatic carboxylic acids is 1. The fourth-order valence-corrected chi connectivity index (χ4v) is 2.23. The van der Waals surface area contributed by atoms with Gasteiger partial charge in [0.15, 0.2) is 10.8 Å². The molecule has 5 N–H and O–H groups in total. The van der Waals surface area contributed by atoms with E-state index >= 15 is 0 Å². The molecule has 0 amide bonds. The van der Waals surface area contributed by atoms with E-state index in [0.717, 1.165) is 22.8 Å². The zero-order valence-corrected chi connectivity index (χ0v) is 10.5. The number of imidazole rings is 1. The number of anilines is 1. The molecule has 0 aliphatic rings. The third-order valence-corrected chi connectivity index (χ3v) is 3.61. The fourth-order valence-electron chi connectivity index (χ4n) is 1.34. The zero-order chi connectivity index (χ0) is 13.3. The first-order chi connectivity index (χ1) is 8.38. The van der Waals surface area contributed by atoms with E-state index in [1.807, 2.05) is 0 Å². The molecule has 7 heteroatoms. The highest BCUT2D eigenvalue weighted by Gasteiger charge is 2.30. The number of carbonyl (C=O) groups is 1. The molecule has 2 aromatic rings. The van der Waals surface area contributed by atoms with Crippen LogP contribution in [0.5, 0.6) is 0 Å². The number of carboxylic acid groups (broad SMARTS) is 1. The number of benzene rings is 1. The first-order valence-electron chi connectivity index (χ1n) is 5.22. The van der Waals surface area contributed by atoms with E-state index in [1.165, 1.54) is 6.92 Å². The first-order valence-corrected chi connectivity index (χ1v) is 6.21. The van der Waals surface area contributed by atoms with Crippen molar-refractivity contribution in [2.75, 3.05) is 11.5 Å². The van der Waals surface area contributed by atoms with Crippen LogP contribution < -0.4 is 5.73 Å². The summed E-state index contributed by atoms with van der Waals surface area (Å²) in [4.78, 5) is 18.0. The number of aromatic amines is 1. The topological polar surface area (TPSA) is 112 Å². The van der Waals surface area contributed by atoms with Crippen molar-refractivity contribution < 1.29 is 15.0 Å². The van der Waals surface area contributed by atoms with Gasteiger partial charge in [-0.15, -0.1) is 0 Å². The zero-order valence-electron chi connectivity index (χ0n) is 9.67. The second kappa shape index (κ2) is 4.51. The third-order valence-electron chi connectivity index (χ3n) is 2.43. The van der Waals surface area contributed by atoms with Crippen LogP contribution in [0.25, 0.3) is 11.0 Å². The fraction of sp³-hybridized carbons (Fsp3) is 0.273. The molecule has 6 nitrogen and oxygen atoms in total. The molecule has 0 fully saturated rings. The summed E-state index contributed by atoms with van der Waals surface area (Å²) in [5.74, 6) is -1.24. The molecule has 1 unspecified atom stereocenters. The van der Waals surface area contributed by atoms with Gasteiger partial charge in [-0.3, -0.25) is 0 Å². The number of aromatic nitrogens is 2. The molecule has 0 aliphatic carbocycles. The number of carboxylic acids is 1. The van der Waals surface area contributed by atoms with E-state index in [0.29, 0.717) is 10.8 Å². The number of H-pyrrole nitrogens is 1. The summed E-state index contributed by atoms with van der Waals surface area (Å²) in [6.45, 7) is 1.25. The van der Waals surface area contributed by atoms with Crippen molar-refractivity contribution >= 4 is 34.5 Å². The van der Waals surface area contributed by atoms with E-state index in [4.69, 9.17) is 10.8 Å². The Morgan fingerprint density at radius 3 is 3.00 bits per heavy atom. The Morgan fingerprint density at radius 1 is 1.61 bits per heavy atom. The van der Waals surface area contributed by atoms with Crippen LogP contribution in [0.1, 0.15) is 6.92 Å². The van der Waals surface area contributed by atoms with Gasteiger partial charge in [-0.25, -0.2) is 9.78 Å². The van der Waals surface area contributed by atoms with Gasteiger partial charge in [-0.05, 0) is 25.1 Å². The molecular formula is C11H13N3O3S. The number of rotatable bonds is 4. The minimum Gasteiger partial charge on any atom is -0.479 e.